The molecule has 1 aromatic rings. The normalized spacial score (nSPS) is 21.1. The summed E-state index contributed by atoms with van der Waals surface area (Å²) in [6.07, 6.45) is 1.95. The first-order valence-electron chi connectivity index (χ1n) is 7.09. The van der Waals surface area contributed by atoms with Crippen LogP contribution in [0.15, 0.2) is 22.8 Å². The smallest absolute Gasteiger partial charge is 0.410 e. The minimum Gasteiger partial charge on any atom is -0.472 e. The van der Waals surface area contributed by atoms with Gasteiger partial charge in [0.05, 0.1) is 13.1 Å². The van der Waals surface area contributed by atoms with E-state index in [1.165, 1.54) is 4.90 Å². The van der Waals surface area contributed by atoms with Crippen LogP contribution in [0.2, 0.25) is 0 Å². The first kappa shape index (κ1) is 15.1. The largest absolute Gasteiger partial charge is 0.472 e. The molecule has 1 aromatic heterocycles. The van der Waals surface area contributed by atoms with Crippen LogP contribution in [0, 0.1) is 0 Å². The summed E-state index contributed by atoms with van der Waals surface area (Å²) in [7, 11) is 0. The molecule has 1 atom stereocenters. The lowest BCUT2D eigenvalue weighted by Gasteiger charge is -2.19. The molecule has 2 amide bonds. The zero-order valence-electron chi connectivity index (χ0n) is 11.9. The zero-order chi connectivity index (χ0) is 15.5. The second-order valence-electron chi connectivity index (χ2n) is 5.22. The van der Waals surface area contributed by atoms with E-state index in [9.17, 15) is 9.59 Å². The van der Waals surface area contributed by atoms with Crippen LogP contribution in [0.4, 0.5) is 4.79 Å². The number of nitrogens with zero attached hydrogens (tertiary/aromatic N) is 3. The fourth-order valence-electron chi connectivity index (χ4n) is 2.49. The maximum Gasteiger partial charge on any atom is 0.410 e. The van der Waals surface area contributed by atoms with Gasteiger partial charge in [-0.25, -0.2) is 9.78 Å². The van der Waals surface area contributed by atoms with Gasteiger partial charge in [0.2, 0.25) is 11.8 Å². The number of hydrogen-bond acceptors (Lipinski definition) is 5. The molecular formula is C14H16BrN3O4. The molecule has 0 N–H and O–H groups in total. The lowest BCUT2D eigenvalue weighted by atomic mass is 10.3. The van der Waals surface area contributed by atoms with Crippen LogP contribution >= 0.6 is 15.9 Å². The SMILES string of the molecule is O=C(CN1CCOC1=O)N1CCC(Oc2ccc(Br)cn2)C1. The van der Waals surface area contributed by atoms with Crippen molar-refractivity contribution in [1.29, 1.82) is 0 Å². The summed E-state index contributed by atoms with van der Waals surface area (Å²) in [5.74, 6) is 0.472. The van der Waals surface area contributed by atoms with Crippen molar-refractivity contribution in [1.82, 2.24) is 14.8 Å². The molecular weight excluding hydrogens is 354 g/mol. The molecule has 0 saturated carbocycles. The second kappa shape index (κ2) is 6.51. The van der Waals surface area contributed by atoms with Crippen LogP contribution in [-0.4, -0.2) is 65.7 Å². The van der Waals surface area contributed by atoms with Gasteiger partial charge in [-0.2, -0.15) is 0 Å². The van der Waals surface area contributed by atoms with Crippen LogP contribution in [0.3, 0.4) is 0 Å². The molecule has 7 nitrogen and oxygen atoms in total. The Morgan fingerprint density at radius 2 is 2.32 bits per heavy atom. The van der Waals surface area contributed by atoms with E-state index in [0.717, 1.165) is 10.9 Å². The number of halogens is 1. The van der Waals surface area contributed by atoms with Crippen molar-refractivity contribution in [2.45, 2.75) is 12.5 Å². The van der Waals surface area contributed by atoms with Crippen molar-refractivity contribution in [3.05, 3.63) is 22.8 Å². The van der Waals surface area contributed by atoms with Crippen LogP contribution in [0.25, 0.3) is 0 Å². The topological polar surface area (TPSA) is 72.0 Å². The standard InChI is InChI=1S/C14H16BrN3O4/c15-10-1-2-12(16-7-10)22-11-3-4-17(8-11)13(19)9-18-5-6-21-14(18)20/h1-2,7,11H,3-6,8-9H2. The van der Waals surface area contributed by atoms with Gasteiger partial charge in [0.25, 0.3) is 0 Å². The monoisotopic (exact) mass is 369 g/mol. The number of carbonyl (C=O) groups excluding carboxylic acids is 2. The van der Waals surface area contributed by atoms with E-state index >= 15 is 0 Å². The summed E-state index contributed by atoms with van der Waals surface area (Å²) in [5.41, 5.74) is 0. The summed E-state index contributed by atoms with van der Waals surface area (Å²) < 4.78 is 11.5. The lowest BCUT2D eigenvalue weighted by Crippen LogP contribution is -2.40. The Morgan fingerprint density at radius 3 is 3.00 bits per heavy atom. The number of likely N-dealkylation sites (tertiary alicyclic amines) is 1. The third-order valence-corrected chi connectivity index (χ3v) is 4.13. The van der Waals surface area contributed by atoms with E-state index in [-0.39, 0.29) is 18.6 Å². The number of aromatic nitrogens is 1. The minimum absolute atomic E-state index is 0.0665. The van der Waals surface area contributed by atoms with E-state index in [2.05, 4.69) is 20.9 Å². The molecule has 0 bridgehead atoms. The van der Waals surface area contributed by atoms with Gasteiger partial charge in [-0.3, -0.25) is 9.69 Å². The summed E-state index contributed by atoms with van der Waals surface area (Å²) in [6, 6.07) is 3.65. The molecule has 22 heavy (non-hydrogen) atoms. The number of hydrogen-bond donors (Lipinski definition) is 0. The number of cyclic esters (lactones) is 1. The summed E-state index contributed by atoms with van der Waals surface area (Å²) in [4.78, 5) is 30.8. The fourth-order valence-corrected chi connectivity index (χ4v) is 2.72. The van der Waals surface area contributed by atoms with E-state index in [0.29, 0.717) is 32.1 Å². The van der Waals surface area contributed by atoms with Crippen molar-refractivity contribution in [3.8, 4) is 5.88 Å². The Bertz CT molecular complexity index is 566. The van der Waals surface area contributed by atoms with Crippen LogP contribution < -0.4 is 4.74 Å². The van der Waals surface area contributed by atoms with Gasteiger partial charge in [-0.1, -0.05) is 0 Å². The number of carbonyl (C=O) groups is 2. The van der Waals surface area contributed by atoms with Crippen molar-refractivity contribution < 1.29 is 19.1 Å². The van der Waals surface area contributed by atoms with Gasteiger partial charge in [0, 0.05) is 29.7 Å². The molecule has 118 valence electrons. The van der Waals surface area contributed by atoms with Crippen LogP contribution in [0.5, 0.6) is 5.88 Å². The van der Waals surface area contributed by atoms with Crippen molar-refractivity contribution >= 4 is 27.9 Å². The Hall–Kier alpha value is -1.83. The molecule has 0 spiro atoms. The molecule has 3 rings (SSSR count). The highest BCUT2D eigenvalue weighted by Crippen LogP contribution is 2.18. The predicted octanol–water partition coefficient (Wildman–Crippen LogP) is 1.28. The number of ether oxygens (including phenoxy) is 2. The van der Waals surface area contributed by atoms with Crippen molar-refractivity contribution in [2.24, 2.45) is 0 Å². The van der Waals surface area contributed by atoms with Gasteiger partial charge in [-0.15, -0.1) is 0 Å². The van der Waals surface area contributed by atoms with Gasteiger partial charge in [0.15, 0.2) is 0 Å². The van der Waals surface area contributed by atoms with Gasteiger partial charge in [-0.05, 0) is 22.0 Å². The first-order valence-corrected chi connectivity index (χ1v) is 7.89. The Balaban J connectivity index is 1.50. The Morgan fingerprint density at radius 1 is 1.45 bits per heavy atom. The highest BCUT2D eigenvalue weighted by atomic mass is 79.9. The molecule has 2 fully saturated rings. The van der Waals surface area contributed by atoms with Gasteiger partial charge in [0.1, 0.15) is 19.3 Å². The molecule has 2 aliphatic heterocycles. The maximum absolute atomic E-state index is 12.2. The average Bonchev–Trinajstić information content (AvgIpc) is 3.12. The number of pyridine rings is 1. The molecule has 8 heteroatoms. The van der Waals surface area contributed by atoms with Crippen molar-refractivity contribution in [2.75, 3.05) is 32.8 Å². The number of rotatable bonds is 4. The summed E-state index contributed by atoms with van der Waals surface area (Å²) >= 11 is 3.32. The Kier molecular flexibility index (Phi) is 4.47. The summed E-state index contributed by atoms with van der Waals surface area (Å²) in [5, 5.41) is 0. The molecule has 0 aromatic carbocycles. The van der Waals surface area contributed by atoms with Crippen molar-refractivity contribution in [3.63, 3.8) is 0 Å². The van der Waals surface area contributed by atoms with Crippen LogP contribution in [-0.2, 0) is 9.53 Å². The minimum atomic E-state index is -0.417. The maximum atomic E-state index is 12.2. The van der Waals surface area contributed by atoms with E-state index in [4.69, 9.17) is 9.47 Å². The highest BCUT2D eigenvalue weighted by Gasteiger charge is 2.31. The summed E-state index contributed by atoms with van der Waals surface area (Å²) in [6.45, 7) is 2.04. The third-order valence-electron chi connectivity index (χ3n) is 3.66. The fraction of sp³-hybridized carbons (Fsp3) is 0.500. The molecule has 1 unspecified atom stereocenters. The van der Waals surface area contributed by atoms with E-state index < -0.39 is 6.09 Å². The van der Waals surface area contributed by atoms with E-state index in [1.54, 1.807) is 17.2 Å². The van der Waals surface area contributed by atoms with E-state index in [1.807, 2.05) is 6.07 Å². The zero-order valence-corrected chi connectivity index (χ0v) is 13.5. The Labute approximate surface area is 136 Å². The molecule has 2 saturated heterocycles. The molecule has 3 heterocycles. The van der Waals surface area contributed by atoms with Crippen LogP contribution in [0.1, 0.15) is 6.42 Å². The predicted molar refractivity (Wildman–Crippen MR) is 80.5 cm³/mol. The molecule has 0 aliphatic carbocycles. The average molecular weight is 370 g/mol. The first-order chi connectivity index (χ1) is 10.6. The van der Waals surface area contributed by atoms with Gasteiger partial charge < -0.3 is 14.4 Å². The highest BCUT2D eigenvalue weighted by molar-refractivity contribution is 9.10. The molecule has 0 radical (unpaired) electrons. The third kappa shape index (κ3) is 3.49. The van der Waals surface area contributed by atoms with Gasteiger partial charge >= 0.3 is 6.09 Å². The second-order valence-corrected chi connectivity index (χ2v) is 6.13. The lowest BCUT2D eigenvalue weighted by molar-refractivity contribution is -0.130. The number of amides is 2. The quantitative estimate of drug-likeness (QED) is 0.799. The molecule has 2 aliphatic rings.